The van der Waals surface area contributed by atoms with Gasteiger partial charge in [-0.1, -0.05) is 42.0 Å². The van der Waals surface area contributed by atoms with Crippen LogP contribution in [0.15, 0.2) is 53.3 Å². The van der Waals surface area contributed by atoms with E-state index >= 15 is 0 Å². The molecule has 0 aliphatic rings. The van der Waals surface area contributed by atoms with Crippen molar-refractivity contribution in [3.05, 3.63) is 70.0 Å². The molecule has 0 saturated heterocycles. The molecule has 138 valence electrons. The van der Waals surface area contributed by atoms with Crippen LogP contribution < -0.4 is 16.8 Å². The van der Waals surface area contributed by atoms with Gasteiger partial charge in [-0.3, -0.25) is 0 Å². The molecular formula is C22H35N3. The summed E-state index contributed by atoms with van der Waals surface area (Å²) in [6, 6.07) is 6.76. The predicted molar refractivity (Wildman–Crippen MR) is 111 cm³/mol. The average Bonchev–Trinajstić information content (AvgIpc) is 2.59. The number of hydrogen-bond donors (Lipinski definition) is 3. The zero-order valence-electron chi connectivity index (χ0n) is 16.4. The number of nitrogens with two attached hydrogens (primary N) is 2. The number of rotatable bonds is 10. The SMILES string of the molecule is C=C(NCC)/C(C)=C/Cc1ccc(C/C(CCN)=C(/C)CN)cc1C. The molecule has 25 heavy (non-hydrogen) atoms. The Kier molecular flexibility index (Phi) is 9.25. The zero-order chi connectivity index (χ0) is 18.8. The van der Waals surface area contributed by atoms with Crippen molar-refractivity contribution < 1.29 is 0 Å². The maximum absolute atomic E-state index is 5.81. The molecule has 1 aromatic rings. The van der Waals surface area contributed by atoms with Crippen LogP contribution in [-0.2, 0) is 12.8 Å². The summed E-state index contributed by atoms with van der Waals surface area (Å²) in [5.41, 5.74) is 20.4. The smallest absolute Gasteiger partial charge is 0.0293 e. The van der Waals surface area contributed by atoms with Crippen molar-refractivity contribution in [2.75, 3.05) is 19.6 Å². The number of allylic oxidation sites excluding steroid dienone is 2. The molecule has 0 amide bonds. The second-order valence-electron chi connectivity index (χ2n) is 6.66. The van der Waals surface area contributed by atoms with Gasteiger partial charge in [-0.25, -0.2) is 0 Å². The summed E-state index contributed by atoms with van der Waals surface area (Å²) in [4.78, 5) is 0. The Morgan fingerprint density at radius 2 is 1.96 bits per heavy atom. The fraction of sp³-hybridized carbons (Fsp3) is 0.455. The van der Waals surface area contributed by atoms with E-state index in [1.807, 2.05) is 0 Å². The Morgan fingerprint density at radius 3 is 2.52 bits per heavy atom. The van der Waals surface area contributed by atoms with E-state index in [4.69, 9.17) is 11.5 Å². The van der Waals surface area contributed by atoms with Gasteiger partial charge < -0.3 is 16.8 Å². The van der Waals surface area contributed by atoms with Crippen molar-refractivity contribution in [1.82, 2.24) is 5.32 Å². The first-order valence-corrected chi connectivity index (χ1v) is 9.18. The van der Waals surface area contributed by atoms with Gasteiger partial charge in [-0.2, -0.15) is 0 Å². The lowest BCUT2D eigenvalue weighted by Crippen LogP contribution is -2.11. The third-order valence-corrected chi connectivity index (χ3v) is 4.67. The highest BCUT2D eigenvalue weighted by Crippen LogP contribution is 2.19. The monoisotopic (exact) mass is 341 g/mol. The second kappa shape index (κ2) is 10.9. The van der Waals surface area contributed by atoms with E-state index in [2.05, 4.69) is 63.9 Å². The second-order valence-corrected chi connectivity index (χ2v) is 6.66. The summed E-state index contributed by atoms with van der Waals surface area (Å²) in [6.45, 7) is 14.7. The molecule has 3 heteroatoms. The zero-order valence-corrected chi connectivity index (χ0v) is 16.4. The normalized spacial score (nSPS) is 12.8. The summed E-state index contributed by atoms with van der Waals surface area (Å²) >= 11 is 0. The van der Waals surface area contributed by atoms with E-state index in [0.717, 1.165) is 31.5 Å². The highest BCUT2D eigenvalue weighted by atomic mass is 14.9. The van der Waals surface area contributed by atoms with Crippen LogP contribution in [0.2, 0.25) is 0 Å². The molecule has 0 spiro atoms. The number of aryl methyl sites for hydroxylation is 1. The Bertz CT molecular complexity index is 639. The van der Waals surface area contributed by atoms with Crippen LogP contribution in [0.1, 0.15) is 43.9 Å². The maximum Gasteiger partial charge on any atom is 0.0293 e. The summed E-state index contributed by atoms with van der Waals surface area (Å²) in [5.74, 6) is 0. The van der Waals surface area contributed by atoms with Crippen molar-refractivity contribution in [3.63, 3.8) is 0 Å². The van der Waals surface area contributed by atoms with Crippen LogP contribution >= 0.6 is 0 Å². The molecule has 0 aliphatic heterocycles. The quantitative estimate of drug-likeness (QED) is 0.448. The summed E-state index contributed by atoms with van der Waals surface area (Å²) in [6.07, 6.45) is 5.02. The molecule has 0 fully saturated rings. The Hall–Kier alpha value is -1.84. The van der Waals surface area contributed by atoms with Crippen LogP contribution in [0.5, 0.6) is 0 Å². The first-order valence-electron chi connectivity index (χ1n) is 9.18. The van der Waals surface area contributed by atoms with Gasteiger partial charge in [-0.05, 0) is 75.8 Å². The first-order chi connectivity index (χ1) is 11.9. The topological polar surface area (TPSA) is 64.1 Å². The van der Waals surface area contributed by atoms with Gasteiger partial charge in [0.25, 0.3) is 0 Å². The highest BCUT2D eigenvalue weighted by Gasteiger charge is 2.06. The minimum atomic E-state index is 0.603. The van der Waals surface area contributed by atoms with Gasteiger partial charge in [0.2, 0.25) is 0 Å². The van der Waals surface area contributed by atoms with E-state index in [0.29, 0.717) is 13.1 Å². The van der Waals surface area contributed by atoms with E-state index in [9.17, 15) is 0 Å². The van der Waals surface area contributed by atoms with Crippen molar-refractivity contribution in [2.45, 2.75) is 47.0 Å². The molecule has 0 saturated carbocycles. The number of likely N-dealkylation sites (N-methyl/N-ethyl adjacent to an activating group) is 1. The lowest BCUT2D eigenvalue weighted by Gasteiger charge is -2.13. The lowest BCUT2D eigenvalue weighted by molar-refractivity contribution is 0.864. The molecule has 1 rings (SSSR count). The van der Waals surface area contributed by atoms with E-state index in [1.165, 1.54) is 33.4 Å². The van der Waals surface area contributed by atoms with Gasteiger partial charge in [0.15, 0.2) is 0 Å². The fourth-order valence-electron chi connectivity index (χ4n) is 2.85. The fourth-order valence-corrected chi connectivity index (χ4v) is 2.85. The summed E-state index contributed by atoms with van der Waals surface area (Å²) in [5, 5.41) is 3.27. The van der Waals surface area contributed by atoms with Gasteiger partial charge >= 0.3 is 0 Å². The maximum atomic E-state index is 5.81. The van der Waals surface area contributed by atoms with Gasteiger partial charge in [0, 0.05) is 18.8 Å². The molecule has 1 aromatic carbocycles. The summed E-state index contributed by atoms with van der Waals surface area (Å²) in [7, 11) is 0. The van der Waals surface area contributed by atoms with Crippen LogP contribution in [0, 0.1) is 6.92 Å². The highest BCUT2D eigenvalue weighted by molar-refractivity contribution is 5.36. The Morgan fingerprint density at radius 1 is 1.24 bits per heavy atom. The molecule has 0 heterocycles. The molecule has 0 atom stereocenters. The number of nitrogens with one attached hydrogen (secondary N) is 1. The molecule has 0 unspecified atom stereocenters. The first kappa shape index (κ1) is 21.2. The van der Waals surface area contributed by atoms with Crippen LogP contribution in [0.4, 0.5) is 0 Å². The minimum absolute atomic E-state index is 0.603. The third kappa shape index (κ3) is 6.89. The van der Waals surface area contributed by atoms with Gasteiger partial charge in [-0.15, -0.1) is 0 Å². The van der Waals surface area contributed by atoms with E-state index in [1.54, 1.807) is 0 Å². The summed E-state index contributed by atoms with van der Waals surface area (Å²) < 4.78 is 0. The van der Waals surface area contributed by atoms with Crippen molar-refractivity contribution in [1.29, 1.82) is 0 Å². The third-order valence-electron chi connectivity index (χ3n) is 4.67. The van der Waals surface area contributed by atoms with Crippen molar-refractivity contribution >= 4 is 0 Å². The van der Waals surface area contributed by atoms with Crippen LogP contribution in [0.25, 0.3) is 0 Å². The van der Waals surface area contributed by atoms with Crippen LogP contribution in [0.3, 0.4) is 0 Å². The van der Waals surface area contributed by atoms with Crippen molar-refractivity contribution in [2.24, 2.45) is 11.5 Å². The van der Waals surface area contributed by atoms with Gasteiger partial charge in [0.05, 0.1) is 0 Å². The molecule has 3 nitrogen and oxygen atoms in total. The van der Waals surface area contributed by atoms with E-state index in [-0.39, 0.29) is 0 Å². The lowest BCUT2D eigenvalue weighted by atomic mass is 9.94. The Balaban J connectivity index is 2.87. The predicted octanol–water partition coefficient (Wildman–Crippen LogP) is 3.77. The molecule has 0 aliphatic carbocycles. The molecule has 0 aromatic heterocycles. The number of benzene rings is 1. The van der Waals surface area contributed by atoms with Crippen LogP contribution in [-0.4, -0.2) is 19.6 Å². The van der Waals surface area contributed by atoms with Crippen molar-refractivity contribution in [3.8, 4) is 0 Å². The largest absolute Gasteiger partial charge is 0.386 e. The van der Waals surface area contributed by atoms with Gasteiger partial charge in [0.1, 0.15) is 0 Å². The number of hydrogen-bond acceptors (Lipinski definition) is 3. The standard InChI is InChI=1S/C22H35N3/c1-6-25-19(5)16(2)7-9-21-10-8-20(13-17(21)3)14-22(11-12-23)18(4)15-24/h7-8,10,13,25H,5-6,9,11-12,14-15,23-24H2,1-4H3/b16-7+,22-18-. The molecular weight excluding hydrogens is 306 g/mol. The molecule has 5 N–H and O–H groups in total. The average molecular weight is 342 g/mol. The van der Waals surface area contributed by atoms with E-state index < -0.39 is 0 Å². The minimum Gasteiger partial charge on any atom is -0.386 e. The Labute approximate surface area is 153 Å². The molecule has 0 radical (unpaired) electrons. The molecule has 0 bridgehead atoms.